The van der Waals surface area contributed by atoms with Crippen LogP contribution in [0.3, 0.4) is 0 Å². The number of anilines is 1. The van der Waals surface area contributed by atoms with Gasteiger partial charge in [0.15, 0.2) is 0 Å². The van der Waals surface area contributed by atoms with Gasteiger partial charge in [0, 0.05) is 97.5 Å². The zero-order valence-corrected chi connectivity index (χ0v) is 32.8. The lowest BCUT2D eigenvalue weighted by molar-refractivity contribution is -0.136. The molecule has 1 atom stereocenters. The first-order valence-corrected chi connectivity index (χ1v) is 20.2. The minimum absolute atomic E-state index is 0.0881. The summed E-state index contributed by atoms with van der Waals surface area (Å²) in [5.74, 6) is -1.06. The SMILES string of the molecule is Cn1c2ccncc2c2ccc(-c3ccc(O[C@H]4C[C@H](OCCOCCOCCOCC5CN(c6ccc7c(c6)C(=O)N(C6CCC(=O)NC6=O)C7=O)C5)C4)nc3)cc21. The third-order valence-electron chi connectivity index (χ3n) is 11.6. The predicted octanol–water partition coefficient (Wildman–Crippen LogP) is 4.30. The van der Waals surface area contributed by atoms with Crippen molar-refractivity contribution < 1.29 is 42.9 Å². The Morgan fingerprint density at radius 2 is 1.51 bits per heavy atom. The maximum absolute atomic E-state index is 13.1. The number of amides is 4. The van der Waals surface area contributed by atoms with Crippen molar-refractivity contribution in [2.45, 2.75) is 43.9 Å². The number of ether oxygens (including phenoxy) is 5. The third-order valence-corrected chi connectivity index (χ3v) is 11.6. The smallest absolute Gasteiger partial charge is 0.262 e. The van der Waals surface area contributed by atoms with Crippen molar-refractivity contribution in [3.05, 3.63) is 84.3 Å². The van der Waals surface area contributed by atoms with Gasteiger partial charge >= 0.3 is 0 Å². The number of nitrogens with one attached hydrogen (secondary N) is 1. The van der Waals surface area contributed by atoms with E-state index in [9.17, 15) is 19.2 Å². The fourth-order valence-electron chi connectivity index (χ4n) is 8.28. The minimum Gasteiger partial charge on any atom is -0.474 e. The minimum atomic E-state index is -0.975. The lowest BCUT2D eigenvalue weighted by atomic mass is 9.92. The Bertz CT molecular complexity index is 2390. The van der Waals surface area contributed by atoms with Crippen molar-refractivity contribution in [1.29, 1.82) is 0 Å². The summed E-state index contributed by atoms with van der Waals surface area (Å²) in [5.41, 5.74) is 5.85. The van der Waals surface area contributed by atoms with Gasteiger partial charge in [0.2, 0.25) is 17.7 Å². The summed E-state index contributed by atoms with van der Waals surface area (Å²) in [4.78, 5) is 61.9. The molecule has 0 bridgehead atoms. The number of nitrogens with zero attached hydrogens (tertiary/aromatic N) is 5. The number of fused-ring (bicyclic) bond motifs is 4. The molecule has 15 nitrogen and oxygen atoms in total. The van der Waals surface area contributed by atoms with Gasteiger partial charge in [-0.1, -0.05) is 12.1 Å². The number of aromatic nitrogens is 3. The Morgan fingerprint density at radius 1 is 0.746 bits per heavy atom. The molecule has 6 heterocycles. The van der Waals surface area contributed by atoms with Crippen LogP contribution in [0.15, 0.2) is 73.2 Å². The normalized spacial score (nSPS) is 20.6. The molecule has 4 aliphatic rings. The van der Waals surface area contributed by atoms with E-state index in [-0.39, 0.29) is 36.2 Å². The molecule has 59 heavy (non-hydrogen) atoms. The van der Waals surface area contributed by atoms with Crippen LogP contribution >= 0.6 is 0 Å². The molecule has 3 fully saturated rings. The summed E-state index contributed by atoms with van der Waals surface area (Å²) in [7, 11) is 2.08. The summed E-state index contributed by atoms with van der Waals surface area (Å²) >= 11 is 0. The van der Waals surface area contributed by atoms with Gasteiger partial charge in [0.1, 0.15) is 12.1 Å². The predicted molar refractivity (Wildman–Crippen MR) is 216 cm³/mol. The Kier molecular flexibility index (Phi) is 11.1. The number of aryl methyl sites for hydroxylation is 1. The monoisotopic (exact) mass is 802 g/mol. The van der Waals surface area contributed by atoms with E-state index in [0.717, 1.165) is 64.1 Å². The Balaban J connectivity index is 0.593. The van der Waals surface area contributed by atoms with E-state index in [4.69, 9.17) is 23.7 Å². The number of imide groups is 2. The maximum atomic E-state index is 13.1. The molecule has 306 valence electrons. The summed E-state index contributed by atoms with van der Waals surface area (Å²) in [6, 6.07) is 16.7. The van der Waals surface area contributed by atoms with Gasteiger partial charge in [-0.25, -0.2) is 4.98 Å². The highest BCUT2D eigenvalue weighted by Gasteiger charge is 2.45. The van der Waals surface area contributed by atoms with E-state index in [1.54, 1.807) is 12.1 Å². The quantitative estimate of drug-likeness (QED) is 0.105. The van der Waals surface area contributed by atoms with Crippen molar-refractivity contribution in [2.24, 2.45) is 13.0 Å². The van der Waals surface area contributed by atoms with Gasteiger partial charge < -0.3 is 33.2 Å². The summed E-state index contributed by atoms with van der Waals surface area (Å²) in [5, 5.41) is 4.56. The van der Waals surface area contributed by atoms with Gasteiger partial charge in [-0.3, -0.25) is 34.4 Å². The molecular weight excluding hydrogens is 757 g/mol. The van der Waals surface area contributed by atoms with E-state index < -0.39 is 29.7 Å². The average molecular weight is 803 g/mol. The molecule has 2 saturated heterocycles. The second-order valence-corrected chi connectivity index (χ2v) is 15.5. The van der Waals surface area contributed by atoms with E-state index in [1.165, 1.54) is 5.39 Å². The number of hydrogen-bond acceptors (Lipinski definition) is 12. The number of hydrogen-bond donors (Lipinski definition) is 1. The van der Waals surface area contributed by atoms with Gasteiger partial charge in [-0.05, 0) is 48.4 Å². The lowest BCUT2D eigenvalue weighted by Crippen LogP contribution is -2.54. The zero-order valence-electron chi connectivity index (χ0n) is 32.8. The molecule has 15 heteroatoms. The van der Waals surface area contributed by atoms with E-state index in [1.807, 2.05) is 36.8 Å². The van der Waals surface area contributed by atoms with Crippen LogP contribution in [0.5, 0.6) is 5.88 Å². The molecule has 1 unspecified atom stereocenters. The molecule has 0 radical (unpaired) electrons. The Hall–Kier alpha value is -5.74. The summed E-state index contributed by atoms with van der Waals surface area (Å²) < 4.78 is 31.4. The number of carbonyl (C=O) groups excluding carboxylic acids is 4. The van der Waals surface area contributed by atoms with Crippen LogP contribution in [0.1, 0.15) is 46.4 Å². The van der Waals surface area contributed by atoms with Crippen LogP contribution < -0.4 is 15.0 Å². The third kappa shape index (κ3) is 8.02. The van der Waals surface area contributed by atoms with Gasteiger partial charge in [-0.15, -0.1) is 0 Å². The molecule has 0 spiro atoms. The molecular formula is C44H46N6O9. The van der Waals surface area contributed by atoms with Crippen LogP contribution in [0.2, 0.25) is 0 Å². The number of rotatable bonds is 17. The lowest BCUT2D eigenvalue weighted by Gasteiger charge is -2.41. The topological polar surface area (TPSA) is 164 Å². The number of benzene rings is 2. The fourth-order valence-corrected chi connectivity index (χ4v) is 8.28. The fraction of sp³-hybridized carbons (Fsp3) is 0.409. The van der Waals surface area contributed by atoms with Gasteiger partial charge in [0.25, 0.3) is 11.8 Å². The molecule has 3 aromatic heterocycles. The first-order valence-electron chi connectivity index (χ1n) is 20.2. The molecule has 5 aromatic rings. The van der Waals surface area contributed by atoms with E-state index in [2.05, 4.69) is 56.1 Å². The van der Waals surface area contributed by atoms with Crippen molar-refractivity contribution in [3.63, 3.8) is 0 Å². The summed E-state index contributed by atoms with van der Waals surface area (Å²) in [6.45, 7) is 5.04. The van der Waals surface area contributed by atoms with Crippen LogP contribution in [0.4, 0.5) is 5.69 Å². The molecule has 3 aliphatic heterocycles. The highest BCUT2D eigenvalue weighted by Crippen LogP contribution is 2.34. The first kappa shape index (κ1) is 38.8. The standard InChI is InChI=1S/C44H46N6O9/c1-48-37-10-11-45-23-36(37)33-5-2-28(18-39(33)48)29-3-9-41(46-22-29)59-32-20-31(21-32)58-17-16-56-13-12-55-14-15-57-26-27-24-49(25-27)30-4-6-34-35(19-30)44(54)50(43(34)53)38-7-8-40(51)47-42(38)52/h2-6,9-11,18-19,22-23,27,31-32,38H,7-8,12-17,20-21,24-26H2,1H3,(H,47,51,52)/t31-,32-,38?. The second-order valence-electron chi connectivity index (χ2n) is 15.5. The van der Waals surface area contributed by atoms with Crippen molar-refractivity contribution in [2.75, 3.05) is 64.2 Å². The first-order chi connectivity index (χ1) is 28.8. The van der Waals surface area contributed by atoms with Gasteiger partial charge in [0.05, 0.1) is 69.0 Å². The molecule has 2 aromatic carbocycles. The number of piperidine rings is 1. The van der Waals surface area contributed by atoms with Crippen molar-refractivity contribution in [3.8, 4) is 17.0 Å². The molecule has 1 aliphatic carbocycles. The molecule has 4 amide bonds. The second kappa shape index (κ2) is 16.9. The van der Waals surface area contributed by atoms with Crippen LogP contribution in [0, 0.1) is 5.92 Å². The zero-order chi connectivity index (χ0) is 40.5. The average Bonchev–Trinajstić information content (AvgIpc) is 3.64. The van der Waals surface area contributed by atoms with E-state index in [0.29, 0.717) is 58.0 Å². The van der Waals surface area contributed by atoms with E-state index >= 15 is 0 Å². The summed E-state index contributed by atoms with van der Waals surface area (Å²) in [6.07, 6.45) is 7.71. The molecule has 9 rings (SSSR count). The maximum Gasteiger partial charge on any atom is 0.262 e. The largest absolute Gasteiger partial charge is 0.474 e. The number of carbonyl (C=O) groups is 4. The number of pyridine rings is 2. The van der Waals surface area contributed by atoms with Crippen LogP contribution in [-0.2, 0) is 35.6 Å². The highest BCUT2D eigenvalue weighted by molar-refractivity contribution is 6.23. The van der Waals surface area contributed by atoms with Crippen molar-refractivity contribution in [1.82, 2.24) is 24.8 Å². The highest BCUT2D eigenvalue weighted by atomic mass is 16.6. The molecule has 1 N–H and O–H groups in total. The van der Waals surface area contributed by atoms with Crippen LogP contribution in [0.25, 0.3) is 32.9 Å². The van der Waals surface area contributed by atoms with Crippen LogP contribution in [-0.4, -0.2) is 121 Å². The van der Waals surface area contributed by atoms with Crippen molar-refractivity contribution >= 4 is 51.1 Å². The molecule has 1 saturated carbocycles. The van der Waals surface area contributed by atoms with Gasteiger partial charge in [-0.2, -0.15) is 0 Å². The Labute approximate surface area is 340 Å². The Morgan fingerprint density at radius 3 is 2.29 bits per heavy atom.